The van der Waals surface area contributed by atoms with E-state index in [1.807, 2.05) is 24.3 Å². The van der Waals surface area contributed by atoms with Crippen molar-refractivity contribution in [2.24, 2.45) is 11.0 Å². The number of rotatable bonds is 7. The molecular weight excluding hydrogens is 326 g/mol. The molecule has 0 atom stereocenters. The Hall–Kier alpha value is -2.41. The molecule has 0 aliphatic heterocycles. The molecule has 0 fully saturated rings. The van der Waals surface area contributed by atoms with Gasteiger partial charge < -0.3 is 9.47 Å². The lowest BCUT2D eigenvalue weighted by atomic mass is 10.2. The molecule has 0 saturated heterocycles. The van der Waals surface area contributed by atoms with E-state index in [1.54, 1.807) is 13.1 Å². The van der Waals surface area contributed by atoms with E-state index in [1.165, 1.54) is 18.4 Å². The molecule has 0 aliphatic carbocycles. The number of hydrogen-bond acceptors (Lipinski definition) is 7. The number of ether oxygens (including phenoxy) is 2. The van der Waals surface area contributed by atoms with Gasteiger partial charge in [0.1, 0.15) is 10.6 Å². The summed E-state index contributed by atoms with van der Waals surface area (Å²) < 4.78 is 10.3. The SMILES string of the molecule is COC(=O)c1sc(N/N=C\c2ccc(OCC(C)C)cc2)nc1C. The average Bonchev–Trinajstić information content (AvgIpc) is 2.94. The summed E-state index contributed by atoms with van der Waals surface area (Å²) in [6.07, 6.45) is 1.68. The number of hydrogen-bond donors (Lipinski definition) is 1. The number of nitrogens with zero attached hydrogens (tertiary/aromatic N) is 2. The monoisotopic (exact) mass is 347 g/mol. The quantitative estimate of drug-likeness (QED) is 0.469. The maximum atomic E-state index is 11.5. The summed E-state index contributed by atoms with van der Waals surface area (Å²) in [5, 5.41) is 4.68. The lowest BCUT2D eigenvalue weighted by Crippen LogP contribution is -2.04. The van der Waals surface area contributed by atoms with Gasteiger partial charge in [0, 0.05) is 0 Å². The summed E-state index contributed by atoms with van der Waals surface area (Å²) in [4.78, 5) is 16.3. The Kier molecular flexibility index (Phi) is 6.31. The van der Waals surface area contributed by atoms with Gasteiger partial charge in [0.15, 0.2) is 0 Å². The molecule has 128 valence electrons. The molecule has 1 heterocycles. The predicted molar refractivity (Wildman–Crippen MR) is 96.2 cm³/mol. The second-order valence-corrected chi connectivity index (χ2v) is 6.57. The van der Waals surface area contributed by atoms with Crippen molar-refractivity contribution in [3.8, 4) is 5.75 Å². The molecule has 24 heavy (non-hydrogen) atoms. The molecule has 0 radical (unpaired) electrons. The van der Waals surface area contributed by atoms with E-state index >= 15 is 0 Å². The molecule has 2 aromatic rings. The Morgan fingerprint density at radius 3 is 2.71 bits per heavy atom. The summed E-state index contributed by atoms with van der Waals surface area (Å²) in [5.41, 5.74) is 4.38. The molecule has 0 saturated carbocycles. The number of esters is 1. The van der Waals surface area contributed by atoms with Gasteiger partial charge in [-0.2, -0.15) is 5.10 Å². The number of thiazole rings is 1. The molecule has 0 amide bonds. The Morgan fingerprint density at radius 2 is 2.08 bits per heavy atom. The number of anilines is 1. The topological polar surface area (TPSA) is 72.8 Å². The van der Waals surface area contributed by atoms with Crippen molar-refractivity contribution in [3.05, 3.63) is 40.4 Å². The largest absolute Gasteiger partial charge is 0.493 e. The number of aryl methyl sites for hydroxylation is 1. The predicted octanol–water partition coefficient (Wildman–Crippen LogP) is 3.72. The fraction of sp³-hybridized carbons (Fsp3) is 0.353. The zero-order chi connectivity index (χ0) is 17.5. The molecule has 0 aliphatic rings. The number of benzene rings is 1. The van der Waals surface area contributed by atoms with Crippen LogP contribution >= 0.6 is 11.3 Å². The summed E-state index contributed by atoms with van der Waals surface area (Å²) in [6.45, 7) is 6.67. The first-order valence-electron chi connectivity index (χ1n) is 7.57. The molecule has 1 aromatic carbocycles. The van der Waals surface area contributed by atoms with Crippen molar-refractivity contribution in [2.75, 3.05) is 19.1 Å². The van der Waals surface area contributed by atoms with Crippen molar-refractivity contribution >= 4 is 28.7 Å². The van der Waals surface area contributed by atoms with Crippen molar-refractivity contribution < 1.29 is 14.3 Å². The van der Waals surface area contributed by atoms with Gasteiger partial charge in [-0.05, 0) is 42.7 Å². The Bertz CT molecular complexity index is 708. The third-order valence-corrected chi connectivity index (χ3v) is 4.05. The second kappa shape index (κ2) is 8.44. The van der Waals surface area contributed by atoms with Gasteiger partial charge >= 0.3 is 5.97 Å². The number of carbonyl (C=O) groups is 1. The second-order valence-electron chi connectivity index (χ2n) is 5.57. The number of nitrogens with one attached hydrogen (secondary N) is 1. The zero-order valence-electron chi connectivity index (χ0n) is 14.2. The fourth-order valence-corrected chi connectivity index (χ4v) is 2.64. The van der Waals surface area contributed by atoms with E-state index in [-0.39, 0.29) is 5.97 Å². The maximum absolute atomic E-state index is 11.5. The third kappa shape index (κ3) is 5.06. The van der Waals surface area contributed by atoms with Crippen LogP contribution in [0.3, 0.4) is 0 Å². The Morgan fingerprint density at radius 1 is 1.38 bits per heavy atom. The molecule has 7 heteroatoms. The van der Waals surface area contributed by atoms with Crippen LogP contribution in [0.4, 0.5) is 5.13 Å². The van der Waals surface area contributed by atoms with Crippen LogP contribution in [0.25, 0.3) is 0 Å². The first-order valence-corrected chi connectivity index (χ1v) is 8.39. The first kappa shape index (κ1) is 17.9. The van der Waals surface area contributed by atoms with Crippen LogP contribution in [0.2, 0.25) is 0 Å². The number of aromatic nitrogens is 1. The van der Waals surface area contributed by atoms with Gasteiger partial charge in [-0.15, -0.1) is 0 Å². The minimum atomic E-state index is -0.390. The van der Waals surface area contributed by atoms with Crippen LogP contribution < -0.4 is 10.2 Å². The van der Waals surface area contributed by atoms with Crippen LogP contribution in [-0.2, 0) is 4.74 Å². The molecule has 1 aromatic heterocycles. The Labute approximate surface area is 145 Å². The zero-order valence-corrected chi connectivity index (χ0v) is 15.0. The van der Waals surface area contributed by atoms with Gasteiger partial charge in [-0.3, -0.25) is 5.43 Å². The highest BCUT2D eigenvalue weighted by Gasteiger charge is 2.15. The van der Waals surface area contributed by atoms with Gasteiger partial charge in [0.05, 0.1) is 25.6 Å². The first-order chi connectivity index (χ1) is 11.5. The molecular formula is C17H21N3O3S. The average molecular weight is 347 g/mol. The van der Waals surface area contributed by atoms with Crippen molar-refractivity contribution in [1.29, 1.82) is 0 Å². The highest BCUT2D eigenvalue weighted by Crippen LogP contribution is 2.23. The summed E-state index contributed by atoms with van der Waals surface area (Å²) >= 11 is 1.21. The van der Waals surface area contributed by atoms with Gasteiger partial charge in [0.25, 0.3) is 0 Å². The number of hydrazone groups is 1. The smallest absolute Gasteiger partial charge is 0.350 e. The minimum absolute atomic E-state index is 0.390. The summed E-state index contributed by atoms with van der Waals surface area (Å²) in [7, 11) is 1.35. The summed E-state index contributed by atoms with van der Waals surface area (Å²) in [6, 6.07) is 7.67. The van der Waals surface area contributed by atoms with Crippen LogP contribution in [0.15, 0.2) is 29.4 Å². The van der Waals surface area contributed by atoms with E-state index < -0.39 is 0 Å². The molecule has 0 spiro atoms. The molecule has 1 N–H and O–H groups in total. The third-order valence-electron chi connectivity index (χ3n) is 3.00. The van der Waals surface area contributed by atoms with Crippen molar-refractivity contribution in [1.82, 2.24) is 4.98 Å². The lowest BCUT2D eigenvalue weighted by Gasteiger charge is -2.08. The van der Waals surface area contributed by atoms with E-state index in [9.17, 15) is 4.79 Å². The van der Waals surface area contributed by atoms with Crippen molar-refractivity contribution in [2.45, 2.75) is 20.8 Å². The van der Waals surface area contributed by atoms with Gasteiger partial charge in [-0.1, -0.05) is 25.2 Å². The molecule has 6 nitrogen and oxygen atoms in total. The van der Waals surface area contributed by atoms with E-state index in [2.05, 4.69) is 29.4 Å². The number of carbonyl (C=O) groups excluding carboxylic acids is 1. The minimum Gasteiger partial charge on any atom is -0.493 e. The van der Waals surface area contributed by atoms with E-state index in [0.717, 1.165) is 11.3 Å². The van der Waals surface area contributed by atoms with Crippen LogP contribution in [0.5, 0.6) is 5.75 Å². The standard InChI is InChI=1S/C17H21N3O3S/c1-11(2)10-23-14-7-5-13(6-8-14)9-18-20-17-19-12(3)15(24-17)16(21)22-4/h5-9,11H,10H2,1-4H3,(H,19,20)/b18-9-. The van der Waals surface area contributed by atoms with Gasteiger partial charge in [0.2, 0.25) is 5.13 Å². The molecule has 2 rings (SSSR count). The van der Waals surface area contributed by atoms with Gasteiger partial charge in [-0.25, -0.2) is 9.78 Å². The molecule has 0 bridgehead atoms. The number of methoxy groups -OCH3 is 1. The van der Waals surface area contributed by atoms with Crippen LogP contribution in [0, 0.1) is 12.8 Å². The van der Waals surface area contributed by atoms with Crippen LogP contribution in [0.1, 0.15) is 34.8 Å². The Balaban J connectivity index is 1.93. The maximum Gasteiger partial charge on any atom is 0.350 e. The van der Waals surface area contributed by atoms with Crippen LogP contribution in [-0.4, -0.2) is 30.9 Å². The highest BCUT2D eigenvalue weighted by atomic mass is 32.1. The van der Waals surface area contributed by atoms with E-state index in [0.29, 0.717) is 28.2 Å². The normalized spacial score (nSPS) is 11.0. The van der Waals surface area contributed by atoms with E-state index in [4.69, 9.17) is 9.47 Å². The summed E-state index contributed by atoms with van der Waals surface area (Å²) in [5.74, 6) is 0.943. The lowest BCUT2D eigenvalue weighted by molar-refractivity contribution is 0.0605. The highest BCUT2D eigenvalue weighted by molar-refractivity contribution is 7.17. The van der Waals surface area contributed by atoms with Crippen molar-refractivity contribution in [3.63, 3.8) is 0 Å². The molecule has 0 unspecified atom stereocenters. The fourth-order valence-electron chi connectivity index (χ4n) is 1.80.